The summed E-state index contributed by atoms with van der Waals surface area (Å²) in [6, 6.07) is 8.17. The SMILES string of the molecule is Cc1cc(-n2ccnc2)c2cc(Br)ccc2n1. The Morgan fingerprint density at radius 1 is 1.24 bits per heavy atom. The lowest BCUT2D eigenvalue weighted by Gasteiger charge is -2.08. The Hall–Kier alpha value is -1.68. The predicted octanol–water partition coefficient (Wildman–Crippen LogP) is 3.49. The highest BCUT2D eigenvalue weighted by molar-refractivity contribution is 9.10. The van der Waals surface area contributed by atoms with Gasteiger partial charge >= 0.3 is 0 Å². The number of fused-ring (bicyclic) bond motifs is 1. The van der Waals surface area contributed by atoms with Crippen LogP contribution < -0.4 is 0 Å². The lowest BCUT2D eigenvalue weighted by atomic mass is 10.1. The summed E-state index contributed by atoms with van der Waals surface area (Å²) in [6.45, 7) is 2.00. The van der Waals surface area contributed by atoms with Gasteiger partial charge in [-0.05, 0) is 31.2 Å². The fourth-order valence-electron chi connectivity index (χ4n) is 1.92. The van der Waals surface area contributed by atoms with Crippen molar-refractivity contribution in [2.75, 3.05) is 0 Å². The van der Waals surface area contributed by atoms with Gasteiger partial charge in [0.05, 0.1) is 17.5 Å². The molecule has 0 aliphatic rings. The second-order valence-electron chi connectivity index (χ2n) is 3.91. The second-order valence-corrected chi connectivity index (χ2v) is 4.83. The molecular formula is C13H10BrN3. The number of nitrogens with zero attached hydrogens (tertiary/aromatic N) is 3. The van der Waals surface area contributed by atoms with Crippen molar-refractivity contribution in [1.29, 1.82) is 0 Å². The third kappa shape index (κ3) is 1.85. The van der Waals surface area contributed by atoms with E-state index in [0.717, 1.165) is 26.8 Å². The van der Waals surface area contributed by atoms with Crippen LogP contribution in [0.3, 0.4) is 0 Å². The maximum Gasteiger partial charge on any atom is 0.0991 e. The van der Waals surface area contributed by atoms with Crippen LogP contribution in [0.25, 0.3) is 16.6 Å². The van der Waals surface area contributed by atoms with E-state index in [1.54, 1.807) is 12.5 Å². The average molecular weight is 288 g/mol. The molecule has 0 saturated carbocycles. The zero-order valence-corrected chi connectivity index (χ0v) is 10.8. The van der Waals surface area contributed by atoms with Crippen molar-refractivity contribution in [3.8, 4) is 5.69 Å². The molecule has 0 amide bonds. The number of pyridine rings is 1. The van der Waals surface area contributed by atoms with Crippen molar-refractivity contribution < 1.29 is 0 Å². The fourth-order valence-corrected chi connectivity index (χ4v) is 2.29. The summed E-state index contributed by atoms with van der Waals surface area (Å²) in [4.78, 5) is 8.62. The molecule has 0 N–H and O–H groups in total. The van der Waals surface area contributed by atoms with Crippen molar-refractivity contribution in [3.63, 3.8) is 0 Å². The van der Waals surface area contributed by atoms with Gasteiger partial charge in [0.2, 0.25) is 0 Å². The van der Waals surface area contributed by atoms with E-state index in [1.807, 2.05) is 29.8 Å². The van der Waals surface area contributed by atoms with Crippen LogP contribution in [-0.2, 0) is 0 Å². The van der Waals surface area contributed by atoms with E-state index >= 15 is 0 Å². The number of halogens is 1. The topological polar surface area (TPSA) is 30.7 Å². The number of benzene rings is 1. The van der Waals surface area contributed by atoms with E-state index in [9.17, 15) is 0 Å². The van der Waals surface area contributed by atoms with Crippen molar-refractivity contribution in [2.45, 2.75) is 6.92 Å². The molecule has 3 nitrogen and oxygen atoms in total. The van der Waals surface area contributed by atoms with E-state index in [0.29, 0.717) is 0 Å². The van der Waals surface area contributed by atoms with Gasteiger partial charge in [-0.1, -0.05) is 15.9 Å². The minimum atomic E-state index is 0.997. The van der Waals surface area contributed by atoms with E-state index in [-0.39, 0.29) is 0 Å². The molecular weight excluding hydrogens is 278 g/mol. The van der Waals surface area contributed by atoms with Crippen molar-refractivity contribution >= 4 is 26.8 Å². The molecule has 3 rings (SSSR count). The summed E-state index contributed by atoms with van der Waals surface area (Å²) in [5, 5.41) is 1.11. The number of rotatable bonds is 1. The average Bonchev–Trinajstić information content (AvgIpc) is 2.82. The van der Waals surface area contributed by atoms with Crippen LogP contribution in [0.5, 0.6) is 0 Å². The van der Waals surface area contributed by atoms with Gasteiger partial charge in [-0.15, -0.1) is 0 Å². The summed E-state index contributed by atoms with van der Waals surface area (Å²) in [7, 11) is 0. The van der Waals surface area contributed by atoms with Crippen LogP contribution in [0.1, 0.15) is 5.69 Å². The van der Waals surface area contributed by atoms with Crippen LogP contribution >= 0.6 is 15.9 Å². The van der Waals surface area contributed by atoms with Crippen molar-refractivity contribution in [3.05, 3.63) is 53.2 Å². The van der Waals surface area contributed by atoms with Crippen LogP contribution in [0.4, 0.5) is 0 Å². The molecule has 1 aromatic carbocycles. The number of aryl methyl sites for hydroxylation is 1. The molecule has 0 aliphatic heterocycles. The Bertz CT molecular complexity index is 674. The molecule has 84 valence electrons. The molecule has 4 heteroatoms. The van der Waals surface area contributed by atoms with Crippen LogP contribution in [0.15, 0.2) is 47.5 Å². The van der Waals surface area contributed by atoms with Crippen LogP contribution in [0, 0.1) is 6.92 Å². The molecule has 2 aromatic heterocycles. The van der Waals surface area contributed by atoms with E-state index in [4.69, 9.17) is 0 Å². The highest BCUT2D eigenvalue weighted by Gasteiger charge is 2.06. The van der Waals surface area contributed by atoms with E-state index in [2.05, 4.69) is 38.0 Å². The van der Waals surface area contributed by atoms with E-state index < -0.39 is 0 Å². The molecule has 0 bridgehead atoms. The first kappa shape index (κ1) is 10.5. The first-order valence-electron chi connectivity index (χ1n) is 5.29. The van der Waals surface area contributed by atoms with Gasteiger partial charge in [-0.2, -0.15) is 0 Å². The monoisotopic (exact) mass is 287 g/mol. The summed E-state index contributed by atoms with van der Waals surface area (Å²) < 4.78 is 3.06. The molecule has 2 heterocycles. The largest absolute Gasteiger partial charge is 0.306 e. The van der Waals surface area contributed by atoms with Gasteiger partial charge in [0, 0.05) is 27.9 Å². The molecule has 0 saturated heterocycles. The smallest absolute Gasteiger partial charge is 0.0991 e. The summed E-state index contributed by atoms with van der Waals surface area (Å²) in [6.07, 6.45) is 5.52. The number of hydrogen-bond donors (Lipinski definition) is 0. The Morgan fingerprint density at radius 3 is 2.88 bits per heavy atom. The fraction of sp³-hybridized carbons (Fsp3) is 0.0769. The predicted molar refractivity (Wildman–Crippen MR) is 71.3 cm³/mol. The van der Waals surface area contributed by atoms with Gasteiger partial charge in [0.15, 0.2) is 0 Å². The van der Waals surface area contributed by atoms with Gasteiger partial charge in [-0.25, -0.2) is 4.98 Å². The lowest BCUT2D eigenvalue weighted by Crippen LogP contribution is -1.95. The van der Waals surface area contributed by atoms with Gasteiger partial charge in [0.25, 0.3) is 0 Å². The normalized spacial score (nSPS) is 10.9. The van der Waals surface area contributed by atoms with Crippen LogP contribution in [-0.4, -0.2) is 14.5 Å². The molecule has 17 heavy (non-hydrogen) atoms. The second kappa shape index (κ2) is 3.96. The third-order valence-electron chi connectivity index (χ3n) is 2.66. The zero-order valence-electron chi connectivity index (χ0n) is 9.26. The number of imidazole rings is 1. The maximum atomic E-state index is 4.53. The van der Waals surface area contributed by atoms with Crippen LogP contribution in [0.2, 0.25) is 0 Å². The van der Waals surface area contributed by atoms with Crippen molar-refractivity contribution in [2.24, 2.45) is 0 Å². The first-order valence-corrected chi connectivity index (χ1v) is 6.08. The molecule has 0 unspecified atom stereocenters. The number of hydrogen-bond acceptors (Lipinski definition) is 2. The molecule has 0 radical (unpaired) electrons. The molecule has 0 atom stereocenters. The van der Waals surface area contributed by atoms with Gasteiger partial charge in [-0.3, -0.25) is 4.98 Å². The Morgan fingerprint density at radius 2 is 2.12 bits per heavy atom. The minimum Gasteiger partial charge on any atom is -0.306 e. The standard InChI is InChI=1S/C13H10BrN3/c1-9-6-13(17-5-4-15-8-17)11-7-10(14)2-3-12(11)16-9/h2-8H,1H3. The summed E-state index contributed by atoms with van der Waals surface area (Å²) >= 11 is 3.50. The molecule has 0 aliphatic carbocycles. The zero-order chi connectivity index (χ0) is 11.8. The Balaban J connectivity index is 2.39. The third-order valence-corrected chi connectivity index (χ3v) is 3.15. The minimum absolute atomic E-state index is 0.997. The maximum absolute atomic E-state index is 4.53. The highest BCUT2D eigenvalue weighted by atomic mass is 79.9. The number of aromatic nitrogens is 3. The molecule has 3 aromatic rings. The molecule has 0 spiro atoms. The summed E-state index contributed by atoms with van der Waals surface area (Å²) in [5.74, 6) is 0. The molecule has 0 fully saturated rings. The van der Waals surface area contributed by atoms with Crippen molar-refractivity contribution in [1.82, 2.24) is 14.5 Å². The Labute approximate surface area is 107 Å². The quantitative estimate of drug-likeness (QED) is 0.686. The Kier molecular flexibility index (Phi) is 2.44. The summed E-state index contributed by atoms with van der Waals surface area (Å²) in [5.41, 5.74) is 3.10. The van der Waals surface area contributed by atoms with E-state index in [1.165, 1.54) is 0 Å². The van der Waals surface area contributed by atoms with Gasteiger partial charge in [0.1, 0.15) is 0 Å². The highest BCUT2D eigenvalue weighted by Crippen LogP contribution is 2.25. The first-order chi connectivity index (χ1) is 8.24. The van der Waals surface area contributed by atoms with Gasteiger partial charge < -0.3 is 4.57 Å². The lowest BCUT2D eigenvalue weighted by molar-refractivity contribution is 1.05.